The second-order valence-electron chi connectivity index (χ2n) is 5.76. The van der Waals surface area contributed by atoms with Gasteiger partial charge >= 0.3 is 0 Å². The molecular formula is C19H22ClNO3. The second kappa shape index (κ2) is 8.71. The molecule has 1 fully saturated rings. The number of carbonyl (C=O) groups excluding carboxylic acids is 1. The number of hydrogen-bond donors (Lipinski definition) is 1. The van der Waals surface area contributed by atoms with E-state index in [-0.39, 0.29) is 18.2 Å². The monoisotopic (exact) mass is 347 g/mol. The highest BCUT2D eigenvalue weighted by Gasteiger charge is 2.14. The highest BCUT2D eigenvalue weighted by atomic mass is 35.5. The number of Topliss-reactive ketones (excluding diaryl/α,β-unsaturated/α-hetero) is 1. The minimum Gasteiger partial charge on any atom is -0.492 e. The zero-order chi connectivity index (χ0) is 16.1. The van der Waals surface area contributed by atoms with Gasteiger partial charge in [-0.25, -0.2) is 0 Å². The minimum atomic E-state index is 0. The number of rotatable bonds is 6. The van der Waals surface area contributed by atoms with Crippen LogP contribution in [0.2, 0.25) is 0 Å². The van der Waals surface area contributed by atoms with E-state index in [9.17, 15) is 4.79 Å². The van der Waals surface area contributed by atoms with Crippen LogP contribution >= 0.6 is 12.4 Å². The number of halogens is 1. The third-order valence-corrected chi connectivity index (χ3v) is 3.93. The van der Waals surface area contributed by atoms with Crippen LogP contribution in [0, 0.1) is 0 Å². The Balaban J connectivity index is 0.00000208. The fraction of sp³-hybridized carbons (Fsp3) is 0.316. The molecule has 1 N–H and O–H groups in total. The highest BCUT2D eigenvalue weighted by molar-refractivity contribution is 5.94. The standard InChI is InChI=1S/C19H21NO3.ClH/c1-14(21)15-4-6-18(7-5-15)23-19-10-8-17(9-11-19)22-13-16-3-2-12-20-16;/h4-11,16,20H,2-3,12-13H2,1H3;1H. The lowest BCUT2D eigenvalue weighted by Crippen LogP contribution is -2.28. The molecule has 1 aliphatic heterocycles. The highest BCUT2D eigenvalue weighted by Crippen LogP contribution is 2.24. The van der Waals surface area contributed by atoms with Gasteiger partial charge in [-0.05, 0) is 74.8 Å². The molecule has 2 aromatic carbocycles. The molecule has 4 nitrogen and oxygen atoms in total. The zero-order valence-electron chi connectivity index (χ0n) is 13.7. The van der Waals surface area contributed by atoms with Crippen molar-refractivity contribution in [3.8, 4) is 17.2 Å². The van der Waals surface area contributed by atoms with Crippen LogP contribution in [-0.2, 0) is 0 Å². The lowest BCUT2D eigenvalue weighted by molar-refractivity contribution is 0.101. The Labute approximate surface area is 148 Å². The predicted octanol–water partition coefficient (Wildman–Crippen LogP) is 4.23. The molecule has 0 saturated carbocycles. The van der Waals surface area contributed by atoms with Gasteiger partial charge in [0.15, 0.2) is 5.78 Å². The molecule has 1 atom stereocenters. The smallest absolute Gasteiger partial charge is 0.159 e. The predicted molar refractivity (Wildman–Crippen MR) is 96.7 cm³/mol. The number of ketones is 1. The van der Waals surface area contributed by atoms with Crippen LogP contribution < -0.4 is 14.8 Å². The summed E-state index contributed by atoms with van der Waals surface area (Å²) in [5.74, 6) is 2.35. The van der Waals surface area contributed by atoms with E-state index in [4.69, 9.17) is 9.47 Å². The van der Waals surface area contributed by atoms with Crippen LogP contribution in [0.1, 0.15) is 30.1 Å². The molecule has 24 heavy (non-hydrogen) atoms. The van der Waals surface area contributed by atoms with E-state index in [1.165, 1.54) is 12.8 Å². The van der Waals surface area contributed by atoms with Gasteiger partial charge in [0.25, 0.3) is 0 Å². The first kappa shape index (κ1) is 18.3. The zero-order valence-corrected chi connectivity index (χ0v) is 14.5. The molecule has 0 amide bonds. The van der Waals surface area contributed by atoms with Crippen molar-refractivity contribution in [2.75, 3.05) is 13.2 Å². The average Bonchev–Trinajstić information content (AvgIpc) is 3.08. The molecule has 2 aromatic rings. The van der Waals surface area contributed by atoms with Crippen molar-refractivity contribution in [2.45, 2.75) is 25.8 Å². The average molecular weight is 348 g/mol. The molecule has 1 heterocycles. The number of benzene rings is 2. The van der Waals surface area contributed by atoms with Gasteiger partial charge in [0.05, 0.1) is 0 Å². The topological polar surface area (TPSA) is 47.6 Å². The van der Waals surface area contributed by atoms with Crippen molar-refractivity contribution in [1.29, 1.82) is 0 Å². The van der Waals surface area contributed by atoms with Gasteiger partial charge in [-0.2, -0.15) is 0 Å². The van der Waals surface area contributed by atoms with E-state index in [2.05, 4.69) is 5.32 Å². The summed E-state index contributed by atoms with van der Waals surface area (Å²) in [6, 6.07) is 15.2. The van der Waals surface area contributed by atoms with Crippen molar-refractivity contribution in [3.63, 3.8) is 0 Å². The summed E-state index contributed by atoms with van der Waals surface area (Å²) >= 11 is 0. The summed E-state index contributed by atoms with van der Waals surface area (Å²) in [5, 5.41) is 3.41. The molecule has 5 heteroatoms. The van der Waals surface area contributed by atoms with E-state index in [1.54, 1.807) is 31.2 Å². The molecule has 1 aliphatic rings. The normalized spacial score (nSPS) is 16.3. The molecule has 1 unspecified atom stereocenters. The van der Waals surface area contributed by atoms with Gasteiger partial charge in [0.2, 0.25) is 0 Å². The Morgan fingerprint density at radius 3 is 2.17 bits per heavy atom. The van der Waals surface area contributed by atoms with E-state index in [0.29, 0.717) is 24.0 Å². The van der Waals surface area contributed by atoms with Crippen molar-refractivity contribution >= 4 is 18.2 Å². The van der Waals surface area contributed by atoms with Gasteiger partial charge in [-0.15, -0.1) is 12.4 Å². The van der Waals surface area contributed by atoms with Crippen LogP contribution in [-0.4, -0.2) is 25.0 Å². The van der Waals surface area contributed by atoms with Gasteiger partial charge in [0.1, 0.15) is 23.9 Å². The first-order valence-corrected chi connectivity index (χ1v) is 7.96. The first-order valence-electron chi connectivity index (χ1n) is 7.96. The van der Waals surface area contributed by atoms with Gasteiger partial charge < -0.3 is 14.8 Å². The molecule has 0 spiro atoms. The van der Waals surface area contributed by atoms with Crippen LogP contribution in [0.25, 0.3) is 0 Å². The van der Waals surface area contributed by atoms with E-state index in [0.717, 1.165) is 18.0 Å². The SMILES string of the molecule is CC(=O)c1ccc(Oc2ccc(OCC3CCCN3)cc2)cc1.Cl. The molecular weight excluding hydrogens is 326 g/mol. The van der Waals surface area contributed by atoms with E-state index < -0.39 is 0 Å². The van der Waals surface area contributed by atoms with Crippen molar-refractivity contribution in [2.24, 2.45) is 0 Å². The Kier molecular flexibility index (Phi) is 6.64. The summed E-state index contributed by atoms with van der Waals surface area (Å²) in [6.07, 6.45) is 2.40. The number of carbonyl (C=O) groups is 1. The molecule has 3 rings (SSSR count). The fourth-order valence-corrected chi connectivity index (χ4v) is 2.59. The molecule has 0 radical (unpaired) electrons. The maximum atomic E-state index is 11.3. The van der Waals surface area contributed by atoms with Crippen LogP contribution in [0.4, 0.5) is 0 Å². The van der Waals surface area contributed by atoms with Gasteiger partial charge in [-0.1, -0.05) is 0 Å². The summed E-state index contributed by atoms with van der Waals surface area (Å²) in [6.45, 7) is 3.34. The van der Waals surface area contributed by atoms with Crippen LogP contribution in [0.5, 0.6) is 17.2 Å². The van der Waals surface area contributed by atoms with E-state index in [1.807, 2.05) is 24.3 Å². The summed E-state index contributed by atoms with van der Waals surface area (Å²) in [5.41, 5.74) is 0.682. The second-order valence-corrected chi connectivity index (χ2v) is 5.76. The summed E-state index contributed by atoms with van der Waals surface area (Å²) in [7, 11) is 0. The maximum Gasteiger partial charge on any atom is 0.159 e. The van der Waals surface area contributed by atoms with E-state index >= 15 is 0 Å². The lowest BCUT2D eigenvalue weighted by atomic mass is 10.1. The quantitative estimate of drug-likeness (QED) is 0.794. The largest absolute Gasteiger partial charge is 0.492 e. The number of nitrogens with one attached hydrogen (secondary N) is 1. The van der Waals surface area contributed by atoms with Crippen LogP contribution in [0.15, 0.2) is 48.5 Å². The molecule has 0 aromatic heterocycles. The Bertz CT molecular complexity index is 649. The maximum absolute atomic E-state index is 11.3. The van der Waals surface area contributed by atoms with Crippen LogP contribution in [0.3, 0.4) is 0 Å². The Hall–Kier alpha value is -2.04. The summed E-state index contributed by atoms with van der Waals surface area (Å²) in [4.78, 5) is 11.3. The summed E-state index contributed by atoms with van der Waals surface area (Å²) < 4.78 is 11.5. The third kappa shape index (κ3) is 4.98. The lowest BCUT2D eigenvalue weighted by Gasteiger charge is -2.12. The van der Waals surface area contributed by atoms with Gasteiger partial charge in [-0.3, -0.25) is 4.79 Å². The third-order valence-electron chi connectivity index (χ3n) is 3.93. The Morgan fingerprint density at radius 1 is 1.04 bits per heavy atom. The molecule has 0 bridgehead atoms. The van der Waals surface area contributed by atoms with Crippen molar-refractivity contribution < 1.29 is 14.3 Å². The van der Waals surface area contributed by atoms with Crippen molar-refractivity contribution in [3.05, 3.63) is 54.1 Å². The molecule has 128 valence electrons. The number of hydrogen-bond acceptors (Lipinski definition) is 4. The number of ether oxygens (including phenoxy) is 2. The fourth-order valence-electron chi connectivity index (χ4n) is 2.59. The first-order chi connectivity index (χ1) is 11.2. The van der Waals surface area contributed by atoms with Gasteiger partial charge in [0, 0.05) is 11.6 Å². The minimum absolute atomic E-state index is 0. The molecule has 1 saturated heterocycles. The van der Waals surface area contributed by atoms with Crippen molar-refractivity contribution in [1.82, 2.24) is 5.32 Å². The molecule has 0 aliphatic carbocycles. The Morgan fingerprint density at radius 2 is 1.62 bits per heavy atom.